The van der Waals surface area contributed by atoms with Crippen LogP contribution in [0.25, 0.3) is 0 Å². The molecule has 7 nitrogen and oxygen atoms in total. The number of nitrogens with one attached hydrogen (secondary N) is 1. The summed E-state index contributed by atoms with van der Waals surface area (Å²) in [4.78, 5) is 26.9. The van der Waals surface area contributed by atoms with Crippen molar-refractivity contribution < 1.29 is 19.1 Å². The number of benzene rings is 1. The van der Waals surface area contributed by atoms with Gasteiger partial charge < -0.3 is 14.4 Å². The first-order valence-electron chi connectivity index (χ1n) is 7.11. The maximum Gasteiger partial charge on any atom is 0.413 e. The number of rotatable bonds is 4. The molecule has 22 heavy (non-hydrogen) atoms. The van der Waals surface area contributed by atoms with Crippen LogP contribution in [0.3, 0.4) is 0 Å². The van der Waals surface area contributed by atoms with Gasteiger partial charge >= 0.3 is 6.09 Å². The van der Waals surface area contributed by atoms with Gasteiger partial charge in [0.05, 0.1) is 20.8 Å². The number of imide groups is 1. The van der Waals surface area contributed by atoms with Crippen molar-refractivity contribution in [3.05, 3.63) is 24.3 Å². The average Bonchev–Trinajstić information content (AvgIpc) is 2.55. The van der Waals surface area contributed by atoms with Crippen LogP contribution in [-0.2, 0) is 9.53 Å². The Bertz CT molecular complexity index is 527. The van der Waals surface area contributed by atoms with E-state index in [0.29, 0.717) is 0 Å². The number of carbonyl (C=O) groups excluding carboxylic acids is 2. The number of hydrogen-bond donors (Lipinski definition) is 1. The first-order valence-corrected chi connectivity index (χ1v) is 7.11. The summed E-state index contributed by atoms with van der Waals surface area (Å²) in [5, 5.41) is 2.16. The summed E-state index contributed by atoms with van der Waals surface area (Å²) in [5.41, 5.74) is 1.11. The number of nitrogens with zero attached hydrogens (tertiary/aromatic N) is 2. The van der Waals surface area contributed by atoms with Crippen LogP contribution < -0.4 is 15.0 Å². The third-order valence-electron chi connectivity index (χ3n) is 3.58. The molecule has 0 bridgehead atoms. The first kappa shape index (κ1) is 16.1. The van der Waals surface area contributed by atoms with Crippen LogP contribution in [0.1, 0.15) is 0 Å². The molecular weight excluding hydrogens is 286 g/mol. The Kier molecular flexibility index (Phi) is 5.60. The van der Waals surface area contributed by atoms with Gasteiger partial charge in [-0.3, -0.25) is 15.0 Å². The van der Waals surface area contributed by atoms with Gasteiger partial charge in [0.1, 0.15) is 5.75 Å². The third-order valence-corrected chi connectivity index (χ3v) is 3.58. The van der Waals surface area contributed by atoms with Crippen LogP contribution in [0, 0.1) is 0 Å². The van der Waals surface area contributed by atoms with E-state index in [0.717, 1.165) is 37.6 Å². The number of amides is 2. The molecule has 0 atom stereocenters. The summed E-state index contributed by atoms with van der Waals surface area (Å²) in [7, 11) is 2.88. The summed E-state index contributed by atoms with van der Waals surface area (Å²) in [6.45, 7) is 3.34. The molecule has 2 amide bonds. The van der Waals surface area contributed by atoms with Gasteiger partial charge in [-0.05, 0) is 12.1 Å². The molecule has 7 heteroatoms. The quantitative estimate of drug-likeness (QED) is 0.883. The van der Waals surface area contributed by atoms with Gasteiger partial charge in [0.2, 0.25) is 5.91 Å². The van der Waals surface area contributed by atoms with Crippen LogP contribution >= 0.6 is 0 Å². The lowest BCUT2D eigenvalue weighted by Crippen LogP contribution is -2.50. The van der Waals surface area contributed by atoms with Crippen LogP contribution in [-0.4, -0.2) is 63.8 Å². The van der Waals surface area contributed by atoms with Crippen LogP contribution in [0.2, 0.25) is 0 Å². The molecule has 1 heterocycles. The molecule has 1 saturated heterocycles. The number of piperazine rings is 1. The molecule has 1 aliphatic rings. The molecule has 1 N–H and O–H groups in total. The lowest BCUT2D eigenvalue weighted by atomic mass is 10.2. The van der Waals surface area contributed by atoms with Gasteiger partial charge in [-0.15, -0.1) is 0 Å². The van der Waals surface area contributed by atoms with Crippen molar-refractivity contribution in [1.29, 1.82) is 0 Å². The van der Waals surface area contributed by atoms with Crippen molar-refractivity contribution in [2.24, 2.45) is 0 Å². The van der Waals surface area contributed by atoms with E-state index in [1.807, 2.05) is 29.2 Å². The SMILES string of the molecule is COC(=O)NC(=O)CN1CCN(c2cccc(OC)c2)CC1. The van der Waals surface area contributed by atoms with Crippen LogP contribution in [0.15, 0.2) is 24.3 Å². The minimum absolute atomic E-state index is 0.195. The van der Waals surface area contributed by atoms with Crippen molar-refractivity contribution in [2.75, 3.05) is 51.8 Å². The minimum atomic E-state index is -0.722. The fourth-order valence-electron chi connectivity index (χ4n) is 2.38. The highest BCUT2D eigenvalue weighted by atomic mass is 16.5. The van der Waals surface area contributed by atoms with E-state index in [2.05, 4.69) is 15.0 Å². The predicted molar refractivity (Wildman–Crippen MR) is 82.2 cm³/mol. The zero-order valence-corrected chi connectivity index (χ0v) is 12.9. The fraction of sp³-hybridized carbons (Fsp3) is 0.467. The molecule has 0 unspecified atom stereocenters. The number of ether oxygens (including phenoxy) is 2. The Morgan fingerprint density at radius 2 is 1.91 bits per heavy atom. The molecule has 1 fully saturated rings. The monoisotopic (exact) mass is 307 g/mol. The zero-order valence-electron chi connectivity index (χ0n) is 12.9. The number of hydrogen-bond acceptors (Lipinski definition) is 6. The molecule has 120 valence electrons. The molecule has 1 aliphatic heterocycles. The van der Waals surface area contributed by atoms with Crippen LogP contribution in [0.4, 0.5) is 10.5 Å². The van der Waals surface area contributed by atoms with Gasteiger partial charge in [-0.25, -0.2) is 4.79 Å². The van der Waals surface area contributed by atoms with Gasteiger partial charge in [-0.1, -0.05) is 6.07 Å². The lowest BCUT2D eigenvalue weighted by molar-refractivity contribution is -0.121. The molecule has 1 aromatic carbocycles. The standard InChI is InChI=1S/C15H21N3O4/c1-21-13-5-3-4-12(10-13)18-8-6-17(7-9-18)11-14(19)16-15(20)22-2/h3-5,10H,6-9,11H2,1-2H3,(H,16,19,20). The van der Waals surface area contributed by atoms with Gasteiger partial charge in [0, 0.05) is 37.9 Å². The number of methoxy groups -OCH3 is 2. The Labute approximate surface area is 129 Å². The van der Waals surface area contributed by atoms with E-state index in [1.165, 1.54) is 7.11 Å². The lowest BCUT2D eigenvalue weighted by Gasteiger charge is -2.35. The summed E-state index contributed by atoms with van der Waals surface area (Å²) in [6, 6.07) is 7.92. The highest BCUT2D eigenvalue weighted by Gasteiger charge is 2.20. The summed E-state index contributed by atoms with van der Waals surface area (Å²) >= 11 is 0. The van der Waals surface area contributed by atoms with E-state index in [9.17, 15) is 9.59 Å². The predicted octanol–water partition coefficient (Wildman–Crippen LogP) is 0.700. The number of carbonyl (C=O) groups is 2. The smallest absolute Gasteiger partial charge is 0.413 e. The minimum Gasteiger partial charge on any atom is -0.497 e. The largest absolute Gasteiger partial charge is 0.497 e. The molecule has 2 rings (SSSR count). The van der Waals surface area contributed by atoms with Gasteiger partial charge in [-0.2, -0.15) is 0 Å². The summed E-state index contributed by atoms with van der Waals surface area (Å²) in [6.07, 6.45) is -0.722. The van der Waals surface area contributed by atoms with Crippen molar-refractivity contribution in [2.45, 2.75) is 0 Å². The molecule has 0 aliphatic carbocycles. The first-order chi connectivity index (χ1) is 10.6. The number of alkyl carbamates (subject to hydrolysis) is 1. The normalized spacial score (nSPS) is 15.3. The maximum absolute atomic E-state index is 11.6. The average molecular weight is 307 g/mol. The van der Waals surface area contributed by atoms with Crippen molar-refractivity contribution in [3.63, 3.8) is 0 Å². The van der Waals surface area contributed by atoms with Gasteiger partial charge in [0.25, 0.3) is 0 Å². The Balaban J connectivity index is 1.82. The second-order valence-electron chi connectivity index (χ2n) is 5.00. The number of anilines is 1. The highest BCUT2D eigenvalue weighted by molar-refractivity contribution is 5.92. The Morgan fingerprint density at radius 3 is 2.55 bits per heavy atom. The fourth-order valence-corrected chi connectivity index (χ4v) is 2.38. The van der Waals surface area contributed by atoms with Crippen LogP contribution in [0.5, 0.6) is 5.75 Å². The van der Waals surface area contributed by atoms with Crippen molar-refractivity contribution in [1.82, 2.24) is 10.2 Å². The third kappa shape index (κ3) is 4.36. The molecule has 0 radical (unpaired) electrons. The van der Waals surface area contributed by atoms with E-state index in [4.69, 9.17) is 4.74 Å². The second kappa shape index (κ2) is 7.65. The van der Waals surface area contributed by atoms with Crippen molar-refractivity contribution in [3.8, 4) is 5.75 Å². The van der Waals surface area contributed by atoms with E-state index >= 15 is 0 Å². The zero-order chi connectivity index (χ0) is 15.9. The summed E-state index contributed by atoms with van der Waals surface area (Å²) in [5.74, 6) is 0.485. The molecule has 0 saturated carbocycles. The molecule has 1 aromatic rings. The van der Waals surface area contributed by atoms with Crippen molar-refractivity contribution >= 4 is 17.7 Å². The maximum atomic E-state index is 11.6. The van der Waals surface area contributed by atoms with E-state index in [1.54, 1.807) is 7.11 Å². The Hall–Kier alpha value is -2.28. The highest BCUT2D eigenvalue weighted by Crippen LogP contribution is 2.21. The molecule has 0 aromatic heterocycles. The molecule has 0 spiro atoms. The second-order valence-corrected chi connectivity index (χ2v) is 5.00. The van der Waals surface area contributed by atoms with E-state index in [-0.39, 0.29) is 12.5 Å². The summed E-state index contributed by atoms with van der Waals surface area (Å²) < 4.78 is 9.63. The Morgan fingerprint density at radius 1 is 1.18 bits per heavy atom. The van der Waals surface area contributed by atoms with E-state index < -0.39 is 6.09 Å². The topological polar surface area (TPSA) is 71.1 Å². The molecular formula is C15H21N3O4. The van der Waals surface area contributed by atoms with Gasteiger partial charge in [0.15, 0.2) is 0 Å².